The molecular formula is C75H48N4. The van der Waals surface area contributed by atoms with Gasteiger partial charge in [0.25, 0.3) is 0 Å². The molecule has 12 aromatic rings. The fourth-order valence-electron chi connectivity index (χ4n) is 10.2. The second-order valence-corrected chi connectivity index (χ2v) is 19.5. The minimum atomic E-state index is 0.658. The third-order valence-electron chi connectivity index (χ3n) is 14.7. The first-order valence-corrected chi connectivity index (χ1v) is 26.2. The summed E-state index contributed by atoms with van der Waals surface area (Å²) in [4.78, 5) is 2.32. The zero-order valence-electron chi connectivity index (χ0n) is 43.0. The quantitative estimate of drug-likeness (QED) is 0.122. The molecule has 0 atom stereocenters. The standard InChI is InChI=1S/C75H48N4/c76-49-52-1-7-55(8-2-52)58-13-19-61(20-14-58)64-25-31-67(32-26-64)70-37-43-73(44-38-70)79(74-45-39-71(40-46-74)68-33-27-65(28-34-68)62-21-15-59(16-22-62)56-9-3-53(50-77)4-10-56)75-47-41-72(42-48-75)69-35-29-66(30-36-69)63-23-17-60(18-24-63)57-11-5-54(51-78)6-12-57/h1-48H. The molecule has 0 aliphatic heterocycles. The van der Waals surface area contributed by atoms with Gasteiger partial charge in [0.05, 0.1) is 34.9 Å². The Labute approximate surface area is 461 Å². The van der Waals surface area contributed by atoms with Gasteiger partial charge in [0.1, 0.15) is 0 Å². The highest BCUT2D eigenvalue weighted by Gasteiger charge is 2.15. The van der Waals surface area contributed by atoms with Crippen LogP contribution < -0.4 is 4.90 Å². The first kappa shape index (κ1) is 48.8. The Hall–Kier alpha value is -11.1. The summed E-state index contributed by atoms with van der Waals surface area (Å²) in [5.41, 5.74) is 25.4. The van der Waals surface area contributed by atoms with Crippen molar-refractivity contribution >= 4 is 17.1 Å². The molecule has 0 N–H and O–H groups in total. The summed E-state index contributed by atoms with van der Waals surface area (Å²) < 4.78 is 0. The maximum atomic E-state index is 9.21. The van der Waals surface area contributed by atoms with Crippen LogP contribution in [-0.2, 0) is 0 Å². The van der Waals surface area contributed by atoms with Gasteiger partial charge in [-0.15, -0.1) is 0 Å². The van der Waals surface area contributed by atoms with E-state index in [4.69, 9.17) is 0 Å². The molecule has 0 spiro atoms. The Morgan fingerprint density at radius 1 is 0.152 bits per heavy atom. The van der Waals surface area contributed by atoms with E-state index >= 15 is 0 Å². The van der Waals surface area contributed by atoms with E-state index in [2.05, 4.69) is 241 Å². The average Bonchev–Trinajstić information content (AvgIpc) is 3.54. The van der Waals surface area contributed by atoms with Crippen LogP contribution in [-0.4, -0.2) is 0 Å². The Bertz CT molecular complexity index is 3740. The molecule has 0 fully saturated rings. The monoisotopic (exact) mass is 1000 g/mol. The van der Waals surface area contributed by atoms with Crippen LogP contribution in [0.25, 0.3) is 100 Å². The minimum absolute atomic E-state index is 0.658. The number of nitrogens with zero attached hydrogens (tertiary/aromatic N) is 4. The van der Waals surface area contributed by atoms with E-state index in [-0.39, 0.29) is 0 Å². The van der Waals surface area contributed by atoms with Crippen molar-refractivity contribution in [3.8, 4) is 118 Å². The van der Waals surface area contributed by atoms with Crippen molar-refractivity contribution in [3.63, 3.8) is 0 Å². The SMILES string of the molecule is N#Cc1ccc(-c2ccc(-c3ccc(-c4ccc(N(c5ccc(-c6ccc(-c7ccc(-c8ccc(C#N)cc8)cc7)cc6)cc5)c5ccc(-c6ccc(-c7ccc(-c8ccc(C#N)cc8)cc7)cc6)cc5)cc4)cc3)cc2)cc1. The molecule has 0 aromatic heterocycles. The van der Waals surface area contributed by atoms with Gasteiger partial charge in [-0.05, 0) is 173 Å². The predicted octanol–water partition coefficient (Wildman–Crippen LogP) is 19.8. The number of anilines is 3. The lowest BCUT2D eigenvalue weighted by molar-refractivity contribution is 1.28. The summed E-state index contributed by atoms with van der Waals surface area (Å²) in [6.07, 6.45) is 0. The lowest BCUT2D eigenvalue weighted by Crippen LogP contribution is -2.09. The molecule has 0 unspecified atom stereocenters. The van der Waals surface area contributed by atoms with Crippen molar-refractivity contribution < 1.29 is 0 Å². The second-order valence-electron chi connectivity index (χ2n) is 19.5. The van der Waals surface area contributed by atoms with Crippen molar-refractivity contribution in [1.82, 2.24) is 0 Å². The van der Waals surface area contributed by atoms with Crippen molar-refractivity contribution in [2.75, 3.05) is 4.90 Å². The average molecular weight is 1010 g/mol. The first-order valence-electron chi connectivity index (χ1n) is 26.2. The predicted molar refractivity (Wildman–Crippen MR) is 324 cm³/mol. The summed E-state index contributed by atoms with van der Waals surface area (Å²) in [6, 6.07) is 108. The normalized spacial score (nSPS) is 10.7. The first-order chi connectivity index (χ1) is 38.9. The molecule has 0 heterocycles. The number of rotatable bonds is 12. The molecule has 0 amide bonds. The van der Waals surface area contributed by atoms with Crippen LogP contribution in [0.2, 0.25) is 0 Å². The van der Waals surface area contributed by atoms with Gasteiger partial charge in [-0.25, -0.2) is 0 Å². The van der Waals surface area contributed by atoms with Crippen molar-refractivity contribution in [2.45, 2.75) is 0 Å². The lowest BCUT2D eigenvalue weighted by atomic mass is 9.97. The van der Waals surface area contributed by atoms with Gasteiger partial charge in [0, 0.05) is 17.1 Å². The Balaban J connectivity index is 0.788. The molecule has 0 radical (unpaired) electrons. The van der Waals surface area contributed by atoms with Crippen LogP contribution in [0.4, 0.5) is 17.1 Å². The molecule has 0 aliphatic carbocycles. The van der Waals surface area contributed by atoms with Crippen molar-refractivity contribution in [3.05, 3.63) is 308 Å². The summed E-state index contributed by atoms with van der Waals surface area (Å²) in [5, 5.41) is 27.6. The maximum Gasteiger partial charge on any atom is 0.0991 e. The highest BCUT2D eigenvalue weighted by Crippen LogP contribution is 2.39. The molecular weight excluding hydrogens is 957 g/mol. The number of hydrogen-bond donors (Lipinski definition) is 0. The van der Waals surface area contributed by atoms with Gasteiger partial charge in [-0.1, -0.05) is 218 Å². The van der Waals surface area contributed by atoms with Gasteiger partial charge in [0.15, 0.2) is 0 Å². The lowest BCUT2D eigenvalue weighted by Gasteiger charge is -2.26. The zero-order chi connectivity index (χ0) is 53.5. The topological polar surface area (TPSA) is 74.6 Å². The molecule has 0 aliphatic rings. The highest BCUT2D eigenvalue weighted by atomic mass is 15.1. The highest BCUT2D eigenvalue weighted by molar-refractivity contribution is 5.83. The maximum absolute atomic E-state index is 9.21. The molecule has 0 saturated carbocycles. The van der Waals surface area contributed by atoms with Gasteiger partial charge < -0.3 is 4.90 Å². The van der Waals surface area contributed by atoms with Gasteiger partial charge >= 0.3 is 0 Å². The minimum Gasteiger partial charge on any atom is -0.311 e. The van der Waals surface area contributed by atoms with Crippen LogP contribution in [0.5, 0.6) is 0 Å². The van der Waals surface area contributed by atoms with Gasteiger partial charge in [-0.3, -0.25) is 0 Å². The van der Waals surface area contributed by atoms with E-state index in [1.54, 1.807) is 0 Å². The van der Waals surface area contributed by atoms with E-state index in [0.717, 1.165) is 117 Å². The second kappa shape index (κ2) is 22.0. The molecule has 12 aromatic carbocycles. The summed E-state index contributed by atoms with van der Waals surface area (Å²) in [7, 11) is 0. The van der Waals surface area contributed by atoms with E-state index in [1.807, 2.05) is 72.8 Å². The summed E-state index contributed by atoms with van der Waals surface area (Å²) >= 11 is 0. The number of nitriles is 3. The fourth-order valence-corrected chi connectivity index (χ4v) is 10.2. The van der Waals surface area contributed by atoms with Crippen LogP contribution in [0.1, 0.15) is 16.7 Å². The molecule has 368 valence electrons. The summed E-state index contributed by atoms with van der Waals surface area (Å²) in [6.45, 7) is 0. The van der Waals surface area contributed by atoms with Crippen molar-refractivity contribution in [2.24, 2.45) is 0 Å². The molecule has 4 heteroatoms. The van der Waals surface area contributed by atoms with E-state index in [1.165, 1.54) is 0 Å². The van der Waals surface area contributed by atoms with Crippen LogP contribution in [0, 0.1) is 34.0 Å². The third kappa shape index (κ3) is 10.6. The van der Waals surface area contributed by atoms with Crippen LogP contribution in [0.15, 0.2) is 291 Å². The molecule has 12 rings (SSSR count). The third-order valence-corrected chi connectivity index (χ3v) is 14.7. The molecule has 79 heavy (non-hydrogen) atoms. The Morgan fingerprint density at radius 3 is 0.367 bits per heavy atom. The molecule has 4 nitrogen and oxygen atoms in total. The van der Waals surface area contributed by atoms with Gasteiger partial charge in [-0.2, -0.15) is 15.8 Å². The zero-order valence-corrected chi connectivity index (χ0v) is 43.0. The Morgan fingerprint density at radius 2 is 0.253 bits per heavy atom. The van der Waals surface area contributed by atoms with E-state index in [0.29, 0.717) is 16.7 Å². The summed E-state index contributed by atoms with van der Waals surface area (Å²) in [5.74, 6) is 0. The number of benzene rings is 12. The number of hydrogen-bond acceptors (Lipinski definition) is 4. The largest absolute Gasteiger partial charge is 0.311 e. The van der Waals surface area contributed by atoms with E-state index in [9.17, 15) is 15.8 Å². The van der Waals surface area contributed by atoms with Crippen LogP contribution in [0.3, 0.4) is 0 Å². The van der Waals surface area contributed by atoms with E-state index < -0.39 is 0 Å². The molecule has 0 saturated heterocycles. The van der Waals surface area contributed by atoms with Crippen molar-refractivity contribution in [1.29, 1.82) is 15.8 Å². The fraction of sp³-hybridized carbons (Fsp3) is 0. The molecule has 0 bridgehead atoms. The Kier molecular flexibility index (Phi) is 13.6. The smallest absolute Gasteiger partial charge is 0.0991 e. The van der Waals surface area contributed by atoms with Gasteiger partial charge in [0.2, 0.25) is 0 Å². The van der Waals surface area contributed by atoms with Crippen LogP contribution >= 0.6 is 0 Å².